The minimum absolute atomic E-state index is 0.358. The molecule has 2 aliphatic rings. The van der Waals surface area contributed by atoms with E-state index in [1.807, 2.05) is 0 Å². The second-order valence-corrected chi connectivity index (χ2v) is 5.52. The van der Waals surface area contributed by atoms with Crippen LogP contribution >= 0.6 is 0 Å². The molecule has 2 heterocycles. The van der Waals surface area contributed by atoms with E-state index in [2.05, 4.69) is 31.0 Å². The molecule has 4 atom stereocenters. The van der Waals surface area contributed by atoms with Crippen molar-refractivity contribution in [2.75, 3.05) is 32.8 Å². The summed E-state index contributed by atoms with van der Waals surface area (Å²) in [7, 11) is 0. The van der Waals surface area contributed by atoms with Crippen LogP contribution in [0.1, 0.15) is 27.2 Å². The fourth-order valence-corrected chi connectivity index (χ4v) is 2.91. The van der Waals surface area contributed by atoms with Crippen molar-refractivity contribution in [3.05, 3.63) is 0 Å². The Morgan fingerprint density at radius 1 is 1.29 bits per heavy atom. The Hall–Kier alpha value is -0.160. The molecule has 1 N–H and O–H groups in total. The fraction of sp³-hybridized carbons (Fsp3) is 1.00. The van der Waals surface area contributed by atoms with Gasteiger partial charge in [-0.25, -0.2) is 0 Å². The first-order valence-electron chi connectivity index (χ1n) is 6.85. The van der Waals surface area contributed by atoms with Crippen molar-refractivity contribution < 1.29 is 9.47 Å². The number of nitrogens with zero attached hydrogens (tertiary/aromatic N) is 1. The highest BCUT2D eigenvalue weighted by Gasteiger charge is 2.27. The summed E-state index contributed by atoms with van der Waals surface area (Å²) in [5.74, 6) is 0. The third-order valence-electron chi connectivity index (χ3n) is 3.70. The van der Waals surface area contributed by atoms with E-state index >= 15 is 0 Å². The van der Waals surface area contributed by atoms with Crippen LogP contribution in [0.25, 0.3) is 0 Å². The third-order valence-corrected chi connectivity index (χ3v) is 3.70. The molecule has 2 saturated heterocycles. The summed E-state index contributed by atoms with van der Waals surface area (Å²) >= 11 is 0. The highest BCUT2D eigenvalue weighted by molar-refractivity contribution is 4.82. The molecule has 0 spiro atoms. The van der Waals surface area contributed by atoms with Gasteiger partial charge in [-0.3, -0.25) is 4.90 Å². The molecule has 4 heteroatoms. The number of hydrogen-bond donors (Lipinski definition) is 1. The van der Waals surface area contributed by atoms with Gasteiger partial charge in [0, 0.05) is 31.7 Å². The second kappa shape index (κ2) is 6.14. The van der Waals surface area contributed by atoms with Crippen molar-refractivity contribution in [3.8, 4) is 0 Å². The van der Waals surface area contributed by atoms with Crippen LogP contribution in [0.5, 0.6) is 0 Å². The summed E-state index contributed by atoms with van der Waals surface area (Å²) in [5, 5.41) is 3.53. The van der Waals surface area contributed by atoms with Crippen LogP contribution < -0.4 is 5.32 Å². The molecule has 2 aliphatic heterocycles. The Morgan fingerprint density at radius 2 is 2.00 bits per heavy atom. The van der Waals surface area contributed by atoms with Gasteiger partial charge in [0.2, 0.25) is 0 Å². The average Bonchev–Trinajstić information content (AvgIpc) is 2.29. The van der Waals surface area contributed by atoms with E-state index in [-0.39, 0.29) is 0 Å². The quantitative estimate of drug-likeness (QED) is 0.796. The van der Waals surface area contributed by atoms with Crippen molar-refractivity contribution in [2.24, 2.45) is 0 Å². The number of hydrogen-bond acceptors (Lipinski definition) is 4. The van der Waals surface area contributed by atoms with Gasteiger partial charge < -0.3 is 14.8 Å². The third kappa shape index (κ3) is 3.91. The average molecular weight is 242 g/mol. The van der Waals surface area contributed by atoms with Crippen LogP contribution in [0.4, 0.5) is 0 Å². The van der Waals surface area contributed by atoms with Crippen LogP contribution in [0.3, 0.4) is 0 Å². The van der Waals surface area contributed by atoms with Gasteiger partial charge in [-0.05, 0) is 27.2 Å². The van der Waals surface area contributed by atoms with E-state index in [0.717, 1.165) is 32.8 Å². The standard InChI is InChI=1S/C13H26N2O2/c1-10(6-13-9-16-5-4-14-13)15-7-11(2)17-12(3)8-15/h10-14H,4-9H2,1-3H3. The first-order chi connectivity index (χ1) is 8.15. The Balaban J connectivity index is 1.79. The van der Waals surface area contributed by atoms with Gasteiger partial charge in [0.05, 0.1) is 25.4 Å². The molecular formula is C13H26N2O2. The lowest BCUT2D eigenvalue weighted by Crippen LogP contribution is -2.52. The van der Waals surface area contributed by atoms with Gasteiger partial charge in [-0.2, -0.15) is 0 Å². The SMILES string of the molecule is CC1CN(C(C)CC2COCCN2)CC(C)O1. The van der Waals surface area contributed by atoms with E-state index in [0.29, 0.717) is 24.3 Å². The van der Waals surface area contributed by atoms with Gasteiger partial charge >= 0.3 is 0 Å². The molecule has 17 heavy (non-hydrogen) atoms. The Morgan fingerprint density at radius 3 is 2.59 bits per heavy atom. The van der Waals surface area contributed by atoms with E-state index < -0.39 is 0 Å². The summed E-state index contributed by atoms with van der Waals surface area (Å²) in [6.07, 6.45) is 1.88. The summed E-state index contributed by atoms with van der Waals surface area (Å²) in [4.78, 5) is 2.55. The van der Waals surface area contributed by atoms with E-state index in [1.165, 1.54) is 6.42 Å². The predicted octanol–water partition coefficient (Wildman–Crippen LogP) is 0.863. The van der Waals surface area contributed by atoms with Crippen LogP contribution in [0.15, 0.2) is 0 Å². The zero-order valence-electron chi connectivity index (χ0n) is 11.3. The molecule has 4 nitrogen and oxygen atoms in total. The maximum absolute atomic E-state index is 5.77. The molecule has 2 rings (SSSR count). The van der Waals surface area contributed by atoms with Crippen LogP contribution in [0.2, 0.25) is 0 Å². The van der Waals surface area contributed by atoms with Crippen LogP contribution in [-0.4, -0.2) is 62.0 Å². The highest BCUT2D eigenvalue weighted by Crippen LogP contribution is 2.16. The molecule has 0 aromatic carbocycles. The minimum Gasteiger partial charge on any atom is -0.379 e. The highest BCUT2D eigenvalue weighted by atomic mass is 16.5. The number of ether oxygens (including phenoxy) is 2. The molecule has 100 valence electrons. The van der Waals surface area contributed by atoms with Crippen LogP contribution in [0, 0.1) is 0 Å². The largest absolute Gasteiger partial charge is 0.379 e. The predicted molar refractivity (Wildman–Crippen MR) is 68.3 cm³/mol. The smallest absolute Gasteiger partial charge is 0.0678 e. The van der Waals surface area contributed by atoms with Gasteiger partial charge in [0.15, 0.2) is 0 Å². The maximum Gasteiger partial charge on any atom is 0.0678 e. The zero-order chi connectivity index (χ0) is 12.3. The molecule has 0 aromatic rings. The Kier molecular flexibility index (Phi) is 4.79. The Labute approximate surface area is 105 Å². The maximum atomic E-state index is 5.77. The first-order valence-corrected chi connectivity index (χ1v) is 6.85. The van der Waals surface area contributed by atoms with E-state index in [4.69, 9.17) is 9.47 Å². The molecule has 0 aromatic heterocycles. The van der Waals surface area contributed by atoms with Crippen molar-refractivity contribution >= 4 is 0 Å². The molecule has 2 fully saturated rings. The normalized spacial score (nSPS) is 37.9. The first kappa shape index (κ1) is 13.3. The summed E-state index contributed by atoms with van der Waals surface area (Å²) in [5.41, 5.74) is 0. The lowest BCUT2D eigenvalue weighted by Gasteiger charge is -2.40. The molecular weight excluding hydrogens is 216 g/mol. The summed E-state index contributed by atoms with van der Waals surface area (Å²) < 4.78 is 11.3. The Bertz CT molecular complexity index is 221. The zero-order valence-corrected chi connectivity index (χ0v) is 11.3. The topological polar surface area (TPSA) is 33.7 Å². The van der Waals surface area contributed by atoms with Crippen molar-refractivity contribution in [2.45, 2.75) is 51.5 Å². The van der Waals surface area contributed by atoms with Crippen molar-refractivity contribution in [1.29, 1.82) is 0 Å². The number of morpholine rings is 2. The van der Waals surface area contributed by atoms with Crippen molar-refractivity contribution in [3.63, 3.8) is 0 Å². The van der Waals surface area contributed by atoms with E-state index in [1.54, 1.807) is 0 Å². The lowest BCUT2D eigenvalue weighted by molar-refractivity contribution is -0.0812. The summed E-state index contributed by atoms with van der Waals surface area (Å²) in [6.45, 7) is 11.5. The van der Waals surface area contributed by atoms with Crippen LogP contribution in [-0.2, 0) is 9.47 Å². The molecule has 0 bridgehead atoms. The van der Waals surface area contributed by atoms with Gasteiger partial charge in [-0.1, -0.05) is 0 Å². The number of nitrogens with one attached hydrogen (secondary N) is 1. The lowest BCUT2D eigenvalue weighted by atomic mass is 10.0. The molecule has 0 radical (unpaired) electrons. The fourth-order valence-electron chi connectivity index (χ4n) is 2.91. The van der Waals surface area contributed by atoms with Gasteiger partial charge in [0.1, 0.15) is 0 Å². The molecule has 0 aliphatic carbocycles. The van der Waals surface area contributed by atoms with Crippen molar-refractivity contribution in [1.82, 2.24) is 10.2 Å². The number of rotatable bonds is 3. The second-order valence-electron chi connectivity index (χ2n) is 5.52. The van der Waals surface area contributed by atoms with Gasteiger partial charge in [0.25, 0.3) is 0 Å². The monoisotopic (exact) mass is 242 g/mol. The summed E-state index contributed by atoms with van der Waals surface area (Å²) in [6, 6.07) is 1.12. The van der Waals surface area contributed by atoms with E-state index in [9.17, 15) is 0 Å². The van der Waals surface area contributed by atoms with Gasteiger partial charge in [-0.15, -0.1) is 0 Å². The molecule has 4 unspecified atom stereocenters. The molecule has 0 saturated carbocycles. The minimum atomic E-state index is 0.358. The molecule has 0 amide bonds.